The summed E-state index contributed by atoms with van der Waals surface area (Å²) in [4.78, 5) is 15.9. The third-order valence-corrected chi connectivity index (χ3v) is 4.52. The van der Waals surface area contributed by atoms with Gasteiger partial charge in [0, 0.05) is 28.2 Å². The van der Waals surface area contributed by atoms with Crippen LogP contribution in [-0.2, 0) is 6.18 Å². The number of nitrogens with one attached hydrogen (secondary N) is 2. The Labute approximate surface area is 174 Å². The average molecular weight is 431 g/mol. The summed E-state index contributed by atoms with van der Waals surface area (Å²) in [5.41, 5.74) is 0.835. The van der Waals surface area contributed by atoms with Crippen LogP contribution in [0, 0.1) is 0 Å². The fourth-order valence-corrected chi connectivity index (χ4v) is 3.06. The molecular formula is C21H14ClF3N4O. The lowest BCUT2D eigenvalue weighted by atomic mass is 10.2. The summed E-state index contributed by atoms with van der Waals surface area (Å²) >= 11 is 5.90. The zero-order chi connectivity index (χ0) is 21.3. The second-order valence-corrected chi connectivity index (χ2v) is 6.87. The van der Waals surface area contributed by atoms with E-state index in [4.69, 9.17) is 11.6 Å². The van der Waals surface area contributed by atoms with Crippen molar-refractivity contribution >= 4 is 40.3 Å². The van der Waals surface area contributed by atoms with Crippen molar-refractivity contribution in [1.29, 1.82) is 0 Å². The molecule has 4 aromatic rings. The maximum absolute atomic E-state index is 12.9. The fourth-order valence-electron chi connectivity index (χ4n) is 2.87. The molecule has 2 heterocycles. The first-order chi connectivity index (χ1) is 14.3. The van der Waals surface area contributed by atoms with Crippen LogP contribution in [0.5, 0.6) is 0 Å². The number of halogens is 4. The zero-order valence-corrected chi connectivity index (χ0v) is 16.0. The lowest BCUT2D eigenvalue weighted by Crippen LogP contribution is -2.11. The molecule has 2 N–H and O–H groups in total. The van der Waals surface area contributed by atoms with Gasteiger partial charge in [0.25, 0.3) is 5.91 Å². The highest BCUT2D eigenvalue weighted by molar-refractivity contribution is 6.31. The molecular weight excluding hydrogens is 417 g/mol. The summed E-state index contributed by atoms with van der Waals surface area (Å²) in [5.74, 6) is 0.118. The van der Waals surface area contributed by atoms with Crippen molar-refractivity contribution in [1.82, 2.24) is 9.38 Å². The van der Waals surface area contributed by atoms with E-state index in [0.29, 0.717) is 27.8 Å². The van der Waals surface area contributed by atoms with Gasteiger partial charge in [-0.05, 0) is 54.6 Å². The van der Waals surface area contributed by atoms with Crippen LogP contribution in [0.3, 0.4) is 0 Å². The van der Waals surface area contributed by atoms with E-state index in [1.165, 1.54) is 10.5 Å². The van der Waals surface area contributed by atoms with Crippen LogP contribution < -0.4 is 10.6 Å². The molecule has 1 amide bonds. The summed E-state index contributed by atoms with van der Waals surface area (Å²) in [6.07, 6.45) is -3.58. The van der Waals surface area contributed by atoms with Crippen LogP contribution >= 0.6 is 11.6 Å². The molecule has 0 fully saturated rings. The second kappa shape index (κ2) is 7.72. The molecule has 5 nitrogen and oxygen atoms in total. The van der Waals surface area contributed by atoms with E-state index >= 15 is 0 Å². The highest BCUT2D eigenvalue weighted by Crippen LogP contribution is 2.30. The third-order valence-electron chi connectivity index (χ3n) is 4.28. The Balaban J connectivity index is 1.51. The minimum Gasteiger partial charge on any atom is -0.341 e. The van der Waals surface area contributed by atoms with E-state index in [2.05, 4.69) is 15.6 Å². The van der Waals surface area contributed by atoms with Gasteiger partial charge in [-0.2, -0.15) is 13.2 Å². The van der Waals surface area contributed by atoms with Gasteiger partial charge in [-0.3, -0.25) is 9.20 Å². The molecule has 152 valence electrons. The second-order valence-electron chi connectivity index (χ2n) is 6.43. The molecule has 2 aromatic heterocycles. The van der Waals surface area contributed by atoms with E-state index in [1.807, 2.05) is 0 Å². The van der Waals surface area contributed by atoms with Crippen molar-refractivity contribution in [3.05, 3.63) is 89.2 Å². The SMILES string of the molecule is O=C(Nc1ccc(Nc2cccc3nc(C(F)(F)F)cn23)cc1)c1cccc(Cl)c1. The molecule has 0 spiro atoms. The number of benzene rings is 2. The van der Waals surface area contributed by atoms with Crippen molar-refractivity contribution in [3.63, 3.8) is 0 Å². The number of hydrogen-bond donors (Lipinski definition) is 2. The van der Waals surface area contributed by atoms with Gasteiger partial charge < -0.3 is 10.6 Å². The number of anilines is 3. The van der Waals surface area contributed by atoms with Gasteiger partial charge in [0.1, 0.15) is 11.5 Å². The number of rotatable bonds is 4. The lowest BCUT2D eigenvalue weighted by Gasteiger charge is -2.10. The van der Waals surface area contributed by atoms with Crippen LogP contribution in [-0.4, -0.2) is 15.3 Å². The predicted octanol–water partition coefficient (Wildman–Crippen LogP) is 6.00. The monoisotopic (exact) mass is 430 g/mol. The molecule has 0 aliphatic rings. The third kappa shape index (κ3) is 4.23. The number of amides is 1. The molecule has 4 rings (SSSR count). The quantitative estimate of drug-likeness (QED) is 0.417. The van der Waals surface area contributed by atoms with E-state index in [1.54, 1.807) is 60.7 Å². The standard InChI is InChI=1S/C21H14ClF3N4O/c22-14-4-1-3-13(11-14)20(30)27-16-9-7-15(8-10-16)26-18-5-2-6-19-28-17(12-29(18)19)21(23,24)25/h1-12,26H,(H,27,30). The molecule has 0 aliphatic carbocycles. The molecule has 0 saturated carbocycles. The Kier molecular flexibility index (Phi) is 5.09. The molecule has 0 unspecified atom stereocenters. The number of pyridine rings is 1. The van der Waals surface area contributed by atoms with E-state index in [0.717, 1.165) is 6.20 Å². The summed E-state index contributed by atoms with van der Waals surface area (Å²) in [6.45, 7) is 0. The van der Waals surface area contributed by atoms with Crippen LogP contribution in [0.4, 0.5) is 30.4 Å². The Morgan fingerprint density at radius 2 is 1.67 bits per heavy atom. The maximum atomic E-state index is 12.9. The largest absolute Gasteiger partial charge is 0.434 e. The number of alkyl halides is 3. The molecule has 9 heteroatoms. The van der Waals surface area contributed by atoms with Gasteiger partial charge in [0.15, 0.2) is 5.69 Å². The van der Waals surface area contributed by atoms with Crippen molar-refractivity contribution in [3.8, 4) is 0 Å². The first kappa shape index (κ1) is 19.8. The predicted molar refractivity (Wildman–Crippen MR) is 109 cm³/mol. The van der Waals surface area contributed by atoms with E-state index < -0.39 is 11.9 Å². The topological polar surface area (TPSA) is 58.4 Å². The summed E-state index contributed by atoms with van der Waals surface area (Å²) in [7, 11) is 0. The molecule has 0 aliphatic heterocycles. The van der Waals surface area contributed by atoms with Gasteiger partial charge in [-0.25, -0.2) is 4.98 Å². The number of fused-ring (bicyclic) bond motifs is 1. The number of hydrogen-bond acceptors (Lipinski definition) is 3. The molecule has 0 atom stereocenters. The Morgan fingerprint density at radius 1 is 0.967 bits per heavy atom. The molecule has 0 radical (unpaired) electrons. The fraction of sp³-hybridized carbons (Fsp3) is 0.0476. The maximum Gasteiger partial charge on any atom is 0.434 e. The van der Waals surface area contributed by atoms with Gasteiger partial charge in [-0.15, -0.1) is 0 Å². The molecule has 0 saturated heterocycles. The lowest BCUT2D eigenvalue weighted by molar-refractivity contribution is -0.140. The van der Waals surface area contributed by atoms with E-state index in [-0.39, 0.29) is 11.6 Å². The van der Waals surface area contributed by atoms with Crippen molar-refractivity contribution < 1.29 is 18.0 Å². The number of carbonyl (C=O) groups excluding carboxylic acids is 1. The van der Waals surface area contributed by atoms with Crippen LogP contribution in [0.1, 0.15) is 16.1 Å². The highest BCUT2D eigenvalue weighted by atomic mass is 35.5. The first-order valence-electron chi connectivity index (χ1n) is 8.79. The number of carbonyl (C=O) groups is 1. The molecule has 2 aromatic carbocycles. The zero-order valence-electron chi connectivity index (χ0n) is 15.2. The summed E-state index contributed by atoms with van der Waals surface area (Å²) < 4.78 is 40.2. The minimum atomic E-state index is -4.52. The number of nitrogens with zero attached hydrogens (tertiary/aromatic N) is 2. The van der Waals surface area contributed by atoms with E-state index in [9.17, 15) is 18.0 Å². The highest BCUT2D eigenvalue weighted by Gasteiger charge is 2.34. The van der Waals surface area contributed by atoms with Gasteiger partial charge in [0.2, 0.25) is 0 Å². The minimum absolute atomic E-state index is 0.178. The van der Waals surface area contributed by atoms with Gasteiger partial charge >= 0.3 is 6.18 Å². The van der Waals surface area contributed by atoms with Crippen molar-refractivity contribution in [2.45, 2.75) is 6.18 Å². The summed E-state index contributed by atoms with van der Waals surface area (Å²) in [5, 5.41) is 6.28. The average Bonchev–Trinajstić information content (AvgIpc) is 3.15. The van der Waals surface area contributed by atoms with Gasteiger partial charge in [0.05, 0.1) is 0 Å². The smallest absolute Gasteiger partial charge is 0.341 e. The Hall–Kier alpha value is -3.52. The van der Waals surface area contributed by atoms with Crippen LogP contribution in [0.2, 0.25) is 5.02 Å². The Morgan fingerprint density at radius 3 is 2.37 bits per heavy atom. The molecule has 0 bridgehead atoms. The molecule has 30 heavy (non-hydrogen) atoms. The van der Waals surface area contributed by atoms with Crippen molar-refractivity contribution in [2.75, 3.05) is 10.6 Å². The van der Waals surface area contributed by atoms with Gasteiger partial charge in [-0.1, -0.05) is 23.7 Å². The first-order valence-corrected chi connectivity index (χ1v) is 9.17. The Bertz CT molecular complexity index is 1220. The summed E-state index contributed by atoms with van der Waals surface area (Å²) in [6, 6.07) is 18.1. The van der Waals surface area contributed by atoms with Crippen LogP contribution in [0.15, 0.2) is 72.9 Å². The normalized spacial score (nSPS) is 11.5. The van der Waals surface area contributed by atoms with Crippen molar-refractivity contribution in [2.24, 2.45) is 0 Å². The number of aromatic nitrogens is 2. The van der Waals surface area contributed by atoms with Crippen LogP contribution in [0.25, 0.3) is 5.65 Å². The number of imidazole rings is 1.